The number of nitrogens with zero attached hydrogens (tertiary/aromatic N) is 4. The summed E-state index contributed by atoms with van der Waals surface area (Å²) in [6, 6.07) is 10.6. The Labute approximate surface area is 229 Å². The second-order valence-electron chi connectivity index (χ2n) is 8.80. The number of fused-ring (bicyclic) bond motifs is 2. The van der Waals surface area contributed by atoms with Gasteiger partial charge in [0.15, 0.2) is 11.6 Å². The van der Waals surface area contributed by atoms with Crippen LogP contribution in [0.5, 0.6) is 0 Å². The Balaban J connectivity index is 0.00000259. The highest BCUT2D eigenvalue weighted by Crippen LogP contribution is 2.32. The predicted octanol–water partition coefficient (Wildman–Crippen LogP) is 3.12. The van der Waals surface area contributed by atoms with Crippen LogP contribution in [0.3, 0.4) is 0 Å². The van der Waals surface area contributed by atoms with Crippen LogP contribution in [0.15, 0.2) is 46.4 Å². The number of benzene rings is 2. The van der Waals surface area contributed by atoms with Crippen LogP contribution in [-0.4, -0.2) is 76.7 Å². The molecule has 0 amide bonds. The smallest absolute Gasteiger partial charge is 0.194 e. The Morgan fingerprint density at radius 2 is 0.892 bits per heavy atom. The SMILES string of the molecule is Cl.Cl.O.O.O.O=C1c2ccc(N=CN3CCCCC3)cc2C(=O)c2ccc(N=CN3CCCCC3)cc21. The zero-order valence-corrected chi connectivity index (χ0v) is 22.2. The summed E-state index contributed by atoms with van der Waals surface area (Å²) in [7, 11) is 0. The average Bonchev–Trinajstić information content (AvgIpc) is 2.86. The number of ketones is 2. The lowest BCUT2D eigenvalue weighted by Gasteiger charge is -2.24. The van der Waals surface area contributed by atoms with Crippen LogP contribution in [0.2, 0.25) is 0 Å². The lowest BCUT2D eigenvalue weighted by atomic mass is 9.83. The first-order valence-electron chi connectivity index (χ1n) is 11.6. The molecule has 2 aliphatic heterocycles. The highest BCUT2D eigenvalue weighted by Gasteiger charge is 2.30. The van der Waals surface area contributed by atoms with Gasteiger partial charge >= 0.3 is 0 Å². The van der Waals surface area contributed by atoms with E-state index in [2.05, 4.69) is 19.8 Å². The number of carbonyl (C=O) groups is 2. The van der Waals surface area contributed by atoms with E-state index >= 15 is 0 Å². The number of halogens is 2. The molecule has 6 N–H and O–H groups in total. The molecule has 0 atom stereocenters. The van der Waals surface area contributed by atoms with Crippen molar-refractivity contribution >= 4 is 60.4 Å². The van der Waals surface area contributed by atoms with Crippen molar-refractivity contribution in [2.45, 2.75) is 38.5 Å². The van der Waals surface area contributed by atoms with E-state index in [-0.39, 0.29) is 52.8 Å². The van der Waals surface area contributed by atoms with Gasteiger partial charge in [-0.15, -0.1) is 24.8 Å². The lowest BCUT2D eigenvalue weighted by molar-refractivity contribution is 0.0979. The number of likely N-dealkylation sites (tertiary alicyclic amines) is 2. The van der Waals surface area contributed by atoms with Crippen LogP contribution >= 0.6 is 24.8 Å². The van der Waals surface area contributed by atoms with Gasteiger partial charge in [-0.2, -0.15) is 0 Å². The van der Waals surface area contributed by atoms with Crippen molar-refractivity contribution in [3.8, 4) is 0 Å². The number of piperidine rings is 2. The summed E-state index contributed by atoms with van der Waals surface area (Å²) < 4.78 is 0. The van der Waals surface area contributed by atoms with E-state index in [1.807, 2.05) is 24.8 Å². The van der Waals surface area contributed by atoms with Crippen LogP contribution in [0.25, 0.3) is 0 Å². The standard InChI is InChI=1S/C26H28N4O2.2ClH.3H2O/c31-25-22-10-8-20(28-18-30-13-5-2-6-14-30)16-24(22)26(32)21-9-7-19(15-23(21)25)27-17-29-11-3-1-4-12-29;;;;;/h7-10,15-18H,1-6,11-14H2;2*1H;3*1H2. The third-order valence-electron chi connectivity index (χ3n) is 6.51. The van der Waals surface area contributed by atoms with Crippen molar-refractivity contribution in [2.24, 2.45) is 9.98 Å². The minimum atomic E-state index is -0.129. The van der Waals surface area contributed by atoms with E-state index in [0.717, 1.165) is 26.2 Å². The van der Waals surface area contributed by atoms with Gasteiger partial charge in [-0.3, -0.25) is 9.59 Å². The molecule has 9 nitrogen and oxygen atoms in total. The van der Waals surface area contributed by atoms with Crippen LogP contribution in [0.1, 0.15) is 70.4 Å². The summed E-state index contributed by atoms with van der Waals surface area (Å²) in [5.41, 5.74) is 3.14. The molecule has 0 aromatic heterocycles. The van der Waals surface area contributed by atoms with Gasteiger partial charge in [0.1, 0.15) is 0 Å². The summed E-state index contributed by atoms with van der Waals surface area (Å²) in [5.74, 6) is -0.257. The Morgan fingerprint density at radius 3 is 1.24 bits per heavy atom. The number of hydrogen-bond acceptors (Lipinski definition) is 4. The molecule has 2 heterocycles. The van der Waals surface area contributed by atoms with E-state index in [0.29, 0.717) is 33.6 Å². The van der Waals surface area contributed by atoms with Gasteiger partial charge < -0.3 is 26.2 Å². The molecular formula is C26H36Cl2N4O5. The maximum atomic E-state index is 13.2. The van der Waals surface area contributed by atoms with Gasteiger partial charge in [0.25, 0.3) is 0 Å². The molecule has 0 radical (unpaired) electrons. The maximum Gasteiger partial charge on any atom is 0.194 e. The Kier molecular flexibility index (Phi) is 14.3. The van der Waals surface area contributed by atoms with Gasteiger partial charge in [-0.25, -0.2) is 9.98 Å². The first-order valence-corrected chi connectivity index (χ1v) is 11.6. The van der Waals surface area contributed by atoms with Crippen LogP contribution < -0.4 is 0 Å². The Hall–Kier alpha value is -2.82. The normalized spacial score (nSPS) is 16.4. The molecule has 2 aromatic carbocycles. The van der Waals surface area contributed by atoms with Crippen molar-refractivity contribution in [2.75, 3.05) is 26.2 Å². The molecule has 0 spiro atoms. The van der Waals surface area contributed by atoms with Crippen molar-refractivity contribution < 1.29 is 26.0 Å². The van der Waals surface area contributed by atoms with Gasteiger partial charge in [0.05, 0.1) is 24.1 Å². The zero-order valence-electron chi connectivity index (χ0n) is 20.6. The van der Waals surface area contributed by atoms with E-state index in [9.17, 15) is 9.59 Å². The number of aliphatic imine (C=N–C) groups is 2. The van der Waals surface area contributed by atoms with E-state index in [1.165, 1.54) is 38.5 Å². The summed E-state index contributed by atoms with van der Waals surface area (Å²) in [4.78, 5) is 39.8. The van der Waals surface area contributed by atoms with Crippen molar-refractivity contribution in [3.05, 3.63) is 58.7 Å². The second-order valence-corrected chi connectivity index (χ2v) is 8.80. The topological polar surface area (TPSA) is 160 Å². The predicted molar refractivity (Wildman–Crippen MR) is 152 cm³/mol. The molecule has 2 aromatic rings. The maximum absolute atomic E-state index is 13.2. The van der Waals surface area contributed by atoms with Crippen molar-refractivity contribution in [1.29, 1.82) is 0 Å². The molecule has 0 bridgehead atoms. The monoisotopic (exact) mass is 554 g/mol. The van der Waals surface area contributed by atoms with Crippen molar-refractivity contribution in [1.82, 2.24) is 9.80 Å². The van der Waals surface area contributed by atoms with E-state index in [1.54, 1.807) is 24.3 Å². The fraction of sp³-hybridized carbons (Fsp3) is 0.385. The summed E-state index contributed by atoms with van der Waals surface area (Å²) in [6.45, 7) is 4.06. The average molecular weight is 556 g/mol. The van der Waals surface area contributed by atoms with Crippen molar-refractivity contribution in [3.63, 3.8) is 0 Å². The lowest BCUT2D eigenvalue weighted by Crippen LogP contribution is -2.28. The van der Waals surface area contributed by atoms with Crippen LogP contribution in [0.4, 0.5) is 11.4 Å². The molecular weight excluding hydrogens is 519 g/mol. The molecule has 0 unspecified atom stereocenters. The number of hydrogen-bond donors (Lipinski definition) is 0. The van der Waals surface area contributed by atoms with Gasteiger partial charge in [-0.1, -0.05) is 0 Å². The number of carbonyl (C=O) groups excluding carboxylic acids is 2. The molecule has 5 rings (SSSR count). The molecule has 0 saturated carbocycles. The van der Waals surface area contributed by atoms with Gasteiger partial charge in [-0.05, 0) is 74.9 Å². The minimum absolute atomic E-state index is 0. The molecule has 2 saturated heterocycles. The molecule has 1 aliphatic carbocycles. The van der Waals surface area contributed by atoms with Gasteiger partial charge in [0, 0.05) is 48.4 Å². The van der Waals surface area contributed by atoms with E-state index < -0.39 is 0 Å². The quantitative estimate of drug-likeness (QED) is 0.358. The first kappa shape index (κ1) is 34.2. The van der Waals surface area contributed by atoms with Crippen LogP contribution in [0, 0.1) is 0 Å². The Bertz CT molecular complexity index is 1030. The van der Waals surface area contributed by atoms with Gasteiger partial charge in [0.2, 0.25) is 0 Å². The molecule has 37 heavy (non-hydrogen) atoms. The third kappa shape index (κ3) is 7.59. The molecule has 11 heteroatoms. The first-order chi connectivity index (χ1) is 15.7. The van der Waals surface area contributed by atoms with E-state index in [4.69, 9.17) is 0 Å². The fourth-order valence-corrected chi connectivity index (χ4v) is 4.65. The van der Waals surface area contributed by atoms with Crippen LogP contribution in [-0.2, 0) is 0 Å². The Morgan fingerprint density at radius 1 is 0.541 bits per heavy atom. The molecule has 204 valence electrons. The molecule has 3 aliphatic rings. The number of rotatable bonds is 4. The summed E-state index contributed by atoms with van der Waals surface area (Å²) >= 11 is 0. The fourth-order valence-electron chi connectivity index (χ4n) is 4.65. The molecule has 2 fully saturated rings. The largest absolute Gasteiger partial charge is 0.412 e. The highest BCUT2D eigenvalue weighted by molar-refractivity contribution is 6.28. The third-order valence-corrected chi connectivity index (χ3v) is 6.51. The second kappa shape index (κ2) is 15.4. The summed E-state index contributed by atoms with van der Waals surface area (Å²) in [6.07, 6.45) is 11.0. The highest BCUT2D eigenvalue weighted by atomic mass is 35.5. The summed E-state index contributed by atoms with van der Waals surface area (Å²) in [5, 5.41) is 0. The minimum Gasteiger partial charge on any atom is -0.412 e. The zero-order chi connectivity index (χ0) is 21.9.